The van der Waals surface area contributed by atoms with Crippen molar-refractivity contribution in [1.29, 1.82) is 0 Å². The lowest BCUT2D eigenvalue weighted by atomic mass is 10.1. The quantitative estimate of drug-likeness (QED) is 0.750. The van der Waals surface area contributed by atoms with Crippen LogP contribution in [-0.2, 0) is 21.4 Å². The van der Waals surface area contributed by atoms with Crippen LogP contribution >= 0.6 is 0 Å². The molecule has 0 atom stereocenters. The maximum absolute atomic E-state index is 11.9. The SMILES string of the molecule is Cc1ccc(CN(CCC(=O)NCCC(C)C)S(C)(=O)=O)cc1. The summed E-state index contributed by atoms with van der Waals surface area (Å²) in [4.78, 5) is 11.8. The number of amides is 1. The van der Waals surface area contributed by atoms with Gasteiger partial charge in [-0.15, -0.1) is 0 Å². The fraction of sp³-hybridized carbons (Fsp3) is 0.588. The molecule has 1 aromatic rings. The number of rotatable bonds is 9. The zero-order valence-corrected chi connectivity index (χ0v) is 15.3. The third-order valence-electron chi connectivity index (χ3n) is 3.58. The van der Waals surface area contributed by atoms with Gasteiger partial charge in [0.1, 0.15) is 0 Å². The molecule has 0 bridgehead atoms. The molecular formula is C17H28N2O3S. The Morgan fingerprint density at radius 2 is 1.83 bits per heavy atom. The van der Waals surface area contributed by atoms with Crippen LogP contribution in [0.4, 0.5) is 0 Å². The molecule has 1 aromatic carbocycles. The summed E-state index contributed by atoms with van der Waals surface area (Å²) < 4.78 is 25.2. The Morgan fingerprint density at radius 1 is 1.22 bits per heavy atom. The first kappa shape index (κ1) is 19.6. The highest BCUT2D eigenvalue weighted by Gasteiger charge is 2.18. The lowest BCUT2D eigenvalue weighted by Crippen LogP contribution is -2.34. The first-order valence-electron chi connectivity index (χ1n) is 7.96. The Morgan fingerprint density at radius 3 is 2.35 bits per heavy atom. The van der Waals surface area contributed by atoms with E-state index in [1.165, 1.54) is 10.6 Å². The number of carbonyl (C=O) groups is 1. The van der Waals surface area contributed by atoms with Gasteiger partial charge in [-0.05, 0) is 24.8 Å². The lowest BCUT2D eigenvalue weighted by molar-refractivity contribution is -0.121. The van der Waals surface area contributed by atoms with Crippen molar-refractivity contribution in [3.05, 3.63) is 35.4 Å². The molecule has 0 aliphatic rings. The zero-order valence-electron chi connectivity index (χ0n) is 14.5. The molecule has 23 heavy (non-hydrogen) atoms. The van der Waals surface area contributed by atoms with Gasteiger partial charge in [0.2, 0.25) is 15.9 Å². The predicted molar refractivity (Wildman–Crippen MR) is 93.5 cm³/mol. The molecule has 0 aliphatic carbocycles. The summed E-state index contributed by atoms with van der Waals surface area (Å²) in [5.41, 5.74) is 2.05. The van der Waals surface area contributed by atoms with E-state index in [1.54, 1.807) is 0 Å². The van der Waals surface area contributed by atoms with Crippen LogP contribution < -0.4 is 5.32 Å². The Balaban J connectivity index is 2.56. The van der Waals surface area contributed by atoms with Gasteiger partial charge in [0, 0.05) is 26.1 Å². The molecule has 0 radical (unpaired) electrons. The average Bonchev–Trinajstić information content (AvgIpc) is 2.43. The molecule has 5 nitrogen and oxygen atoms in total. The second-order valence-corrected chi connectivity index (χ2v) is 8.35. The summed E-state index contributed by atoms with van der Waals surface area (Å²) in [6.07, 6.45) is 2.28. The molecule has 0 fully saturated rings. The Labute approximate surface area is 140 Å². The molecule has 1 amide bonds. The maximum atomic E-state index is 11.9. The zero-order chi connectivity index (χ0) is 17.5. The second kappa shape index (κ2) is 9.03. The van der Waals surface area contributed by atoms with E-state index in [2.05, 4.69) is 19.2 Å². The van der Waals surface area contributed by atoms with Gasteiger partial charge in [-0.3, -0.25) is 4.79 Å². The number of hydrogen-bond donors (Lipinski definition) is 1. The first-order valence-corrected chi connectivity index (χ1v) is 9.80. The van der Waals surface area contributed by atoms with Crippen LogP contribution in [0.15, 0.2) is 24.3 Å². The fourth-order valence-electron chi connectivity index (χ4n) is 2.07. The number of sulfonamides is 1. The fourth-order valence-corrected chi connectivity index (χ4v) is 2.88. The minimum absolute atomic E-state index is 0.108. The number of nitrogens with zero attached hydrogens (tertiary/aromatic N) is 1. The molecule has 0 unspecified atom stereocenters. The van der Waals surface area contributed by atoms with Crippen molar-refractivity contribution in [3.63, 3.8) is 0 Å². The van der Waals surface area contributed by atoms with Crippen LogP contribution in [0.3, 0.4) is 0 Å². The number of aryl methyl sites for hydroxylation is 1. The van der Waals surface area contributed by atoms with Crippen LogP contribution in [0.25, 0.3) is 0 Å². The third-order valence-corrected chi connectivity index (χ3v) is 4.83. The minimum Gasteiger partial charge on any atom is -0.356 e. The van der Waals surface area contributed by atoms with Crippen LogP contribution in [0.5, 0.6) is 0 Å². The molecule has 1 N–H and O–H groups in total. The second-order valence-electron chi connectivity index (χ2n) is 6.36. The molecule has 0 saturated carbocycles. The summed E-state index contributed by atoms with van der Waals surface area (Å²) in [7, 11) is -3.35. The predicted octanol–water partition coefficient (Wildman–Crippen LogP) is 2.31. The van der Waals surface area contributed by atoms with E-state index < -0.39 is 10.0 Å². The van der Waals surface area contributed by atoms with Crippen molar-refractivity contribution in [1.82, 2.24) is 9.62 Å². The summed E-state index contributed by atoms with van der Waals surface area (Å²) in [6.45, 7) is 7.30. The molecule has 0 spiro atoms. The van der Waals surface area contributed by atoms with Crippen molar-refractivity contribution in [2.75, 3.05) is 19.3 Å². The highest BCUT2D eigenvalue weighted by atomic mass is 32.2. The van der Waals surface area contributed by atoms with Crippen molar-refractivity contribution in [2.45, 2.75) is 40.2 Å². The minimum atomic E-state index is -3.35. The van der Waals surface area contributed by atoms with Gasteiger partial charge in [0.15, 0.2) is 0 Å². The van der Waals surface area contributed by atoms with E-state index in [4.69, 9.17) is 0 Å². The standard InChI is InChI=1S/C17H28N2O3S/c1-14(2)9-11-18-17(20)10-12-19(23(4,21)22)13-16-7-5-15(3)6-8-16/h5-8,14H,9-13H2,1-4H3,(H,18,20). The van der Waals surface area contributed by atoms with E-state index in [-0.39, 0.29) is 18.9 Å². The lowest BCUT2D eigenvalue weighted by Gasteiger charge is -2.20. The van der Waals surface area contributed by atoms with Gasteiger partial charge in [-0.2, -0.15) is 4.31 Å². The van der Waals surface area contributed by atoms with Gasteiger partial charge in [0.25, 0.3) is 0 Å². The Kier molecular flexibility index (Phi) is 7.72. The van der Waals surface area contributed by atoms with E-state index in [1.807, 2.05) is 31.2 Å². The van der Waals surface area contributed by atoms with Gasteiger partial charge in [0.05, 0.1) is 6.26 Å². The molecule has 0 saturated heterocycles. The highest BCUT2D eigenvalue weighted by Crippen LogP contribution is 2.10. The number of benzene rings is 1. The van der Waals surface area contributed by atoms with Crippen LogP contribution in [-0.4, -0.2) is 38.0 Å². The van der Waals surface area contributed by atoms with Gasteiger partial charge < -0.3 is 5.32 Å². The topological polar surface area (TPSA) is 66.5 Å². The van der Waals surface area contributed by atoms with Gasteiger partial charge >= 0.3 is 0 Å². The van der Waals surface area contributed by atoms with Crippen LogP contribution in [0, 0.1) is 12.8 Å². The van der Waals surface area contributed by atoms with Crippen molar-refractivity contribution < 1.29 is 13.2 Å². The first-order chi connectivity index (χ1) is 10.7. The van der Waals surface area contributed by atoms with E-state index in [0.29, 0.717) is 19.0 Å². The van der Waals surface area contributed by atoms with Crippen molar-refractivity contribution in [3.8, 4) is 0 Å². The van der Waals surface area contributed by atoms with E-state index in [9.17, 15) is 13.2 Å². The Hall–Kier alpha value is -1.40. The molecular weight excluding hydrogens is 312 g/mol. The largest absolute Gasteiger partial charge is 0.356 e. The Bertz CT molecular complexity index is 595. The van der Waals surface area contributed by atoms with E-state index >= 15 is 0 Å². The number of nitrogens with one attached hydrogen (secondary N) is 1. The normalized spacial score (nSPS) is 11.9. The number of carbonyl (C=O) groups excluding carboxylic acids is 1. The van der Waals surface area contributed by atoms with Gasteiger partial charge in [-0.25, -0.2) is 8.42 Å². The number of hydrogen-bond acceptors (Lipinski definition) is 3. The third kappa shape index (κ3) is 8.13. The van der Waals surface area contributed by atoms with Crippen molar-refractivity contribution >= 4 is 15.9 Å². The molecule has 6 heteroatoms. The molecule has 130 valence electrons. The molecule has 0 aromatic heterocycles. The van der Waals surface area contributed by atoms with Gasteiger partial charge in [-0.1, -0.05) is 43.7 Å². The van der Waals surface area contributed by atoms with E-state index in [0.717, 1.165) is 17.5 Å². The summed E-state index contributed by atoms with van der Waals surface area (Å²) >= 11 is 0. The van der Waals surface area contributed by atoms with Crippen molar-refractivity contribution in [2.24, 2.45) is 5.92 Å². The summed E-state index contributed by atoms with van der Waals surface area (Å²) in [5.74, 6) is 0.424. The van der Waals surface area contributed by atoms with Crippen LogP contribution in [0.2, 0.25) is 0 Å². The summed E-state index contributed by atoms with van der Waals surface area (Å²) in [5, 5.41) is 2.83. The monoisotopic (exact) mass is 340 g/mol. The van der Waals surface area contributed by atoms with Crippen LogP contribution in [0.1, 0.15) is 37.8 Å². The maximum Gasteiger partial charge on any atom is 0.221 e. The summed E-state index contributed by atoms with van der Waals surface area (Å²) in [6, 6.07) is 7.73. The molecule has 0 aliphatic heterocycles. The smallest absolute Gasteiger partial charge is 0.221 e. The highest BCUT2D eigenvalue weighted by molar-refractivity contribution is 7.88. The molecule has 0 heterocycles. The molecule has 1 rings (SSSR count). The average molecular weight is 340 g/mol.